The van der Waals surface area contributed by atoms with E-state index >= 15 is 0 Å². The van der Waals surface area contributed by atoms with Crippen LogP contribution in [0, 0.1) is 0 Å². The Balaban J connectivity index is 1.90. The molecule has 6 heteroatoms. The van der Waals surface area contributed by atoms with E-state index in [9.17, 15) is 4.79 Å². The third-order valence-electron chi connectivity index (χ3n) is 2.70. The van der Waals surface area contributed by atoms with Crippen molar-refractivity contribution in [1.29, 1.82) is 0 Å². The van der Waals surface area contributed by atoms with Crippen molar-refractivity contribution in [2.75, 3.05) is 12.3 Å². The van der Waals surface area contributed by atoms with Gasteiger partial charge < -0.3 is 15.6 Å². The zero-order valence-corrected chi connectivity index (χ0v) is 10.8. The standard InChI is InChI=1S/C14H15N3O3/c15-11-8-12(14(18)19)13(17-9-11)20-7-1-2-10-3-5-16-6-4-10/h3-6,8-9H,1-2,7,15H2,(H,18,19). The number of rotatable bonds is 6. The minimum Gasteiger partial charge on any atom is -0.477 e. The summed E-state index contributed by atoms with van der Waals surface area (Å²) >= 11 is 0. The van der Waals surface area contributed by atoms with Gasteiger partial charge in [-0.25, -0.2) is 9.78 Å². The number of aromatic carboxylic acids is 1. The van der Waals surface area contributed by atoms with Crippen LogP contribution in [-0.2, 0) is 6.42 Å². The number of carboxylic acid groups (broad SMARTS) is 1. The third-order valence-corrected chi connectivity index (χ3v) is 2.70. The van der Waals surface area contributed by atoms with Gasteiger partial charge >= 0.3 is 5.97 Å². The Labute approximate surface area is 116 Å². The highest BCUT2D eigenvalue weighted by Gasteiger charge is 2.13. The monoisotopic (exact) mass is 273 g/mol. The van der Waals surface area contributed by atoms with Gasteiger partial charge in [-0.05, 0) is 36.6 Å². The molecule has 0 atom stereocenters. The molecular weight excluding hydrogens is 258 g/mol. The summed E-state index contributed by atoms with van der Waals surface area (Å²) in [5.41, 5.74) is 6.95. The Hall–Kier alpha value is -2.63. The van der Waals surface area contributed by atoms with Gasteiger partial charge in [-0.3, -0.25) is 4.98 Å². The zero-order chi connectivity index (χ0) is 14.4. The first-order chi connectivity index (χ1) is 9.66. The van der Waals surface area contributed by atoms with E-state index in [4.69, 9.17) is 15.6 Å². The number of hydrogen-bond acceptors (Lipinski definition) is 5. The molecular formula is C14H15N3O3. The summed E-state index contributed by atoms with van der Waals surface area (Å²) in [6.45, 7) is 0.388. The predicted octanol–water partition coefficient (Wildman–Crippen LogP) is 1.77. The fraction of sp³-hybridized carbons (Fsp3) is 0.214. The number of aromatic nitrogens is 2. The van der Waals surface area contributed by atoms with Gasteiger partial charge in [-0.1, -0.05) is 0 Å². The maximum atomic E-state index is 11.0. The van der Waals surface area contributed by atoms with Crippen LogP contribution in [0.5, 0.6) is 5.88 Å². The Kier molecular flexibility index (Phi) is 4.49. The molecule has 3 N–H and O–H groups in total. The van der Waals surface area contributed by atoms with Crippen molar-refractivity contribution >= 4 is 11.7 Å². The molecule has 2 aromatic heterocycles. The molecule has 0 radical (unpaired) electrons. The highest BCUT2D eigenvalue weighted by molar-refractivity contribution is 5.91. The van der Waals surface area contributed by atoms with Gasteiger partial charge in [0.25, 0.3) is 0 Å². The minimum atomic E-state index is -1.10. The van der Waals surface area contributed by atoms with E-state index in [0.29, 0.717) is 12.3 Å². The van der Waals surface area contributed by atoms with Crippen LogP contribution < -0.4 is 10.5 Å². The number of ether oxygens (including phenoxy) is 1. The Morgan fingerprint density at radius 3 is 2.80 bits per heavy atom. The fourth-order valence-corrected chi connectivity index (χ4v) is 1.73. The average molecular weight is 273 g/mol. The summed E-state index contributed by atoms with van der Waals surface area (Å²) in [6, 6.07) is 5.21. The second-order valence-corrected chi connectivity index (χ2v) is 4.23. The van der Waals surface area contributed by atoms with Gasteiger partial charge in [0.2, 0.25) is 5.88 Å². The van der Waals surface area contributed by atoms with Crippen molar-refractivity contribution in [3.05, 3.63) is 47.9 Å². The van der Waals surface area contributed by atoms with Gasteiger partial charge in [-0.15, -0.1) is 0 Å². The maximum Gasteiger partial charge on any atom is 0.341 e. The lowest BCUT2D eigenvalue weighted by Gasteiger charge is -2.08. The number of hydrogen-bond donors (Lipinski definition) is 2. The molecule has 2 aromatic rings. The quantitative estimate of drug-likeness (QED) is 0.778. The Bertz CT molecular complexity index is 587. The summed E-state index contributed by atoms with van der Waals surface area (Å²) in [7, 11) is 0. The molecule has 6 nitrogen and oxygen atoms in total. The van der Waals surface area contributed by atoms with E-state index in [-0.39, 0.29) is 11.4 Å². The Morgan fingerprint density at radius 2 is 2.10 bits per heavy atom. The van der Waals surface area contributed by atoms with E-state index in [1.54, 1.807) is 12.4 Å². The van der Waals surface area contributed by atoms with Crippen LogP contribution in [0.25, 0.3) is 0 Å². The minimum absolute atomic E-state index is 0.0195. The lowest BCUT2D eigenvalue weighted by molar-refractivity contribution is 0.0691. The van der Waals surface area contributed by atoms with Crippen LogP contribution in [0.1, 0.15) is 22.3 Å². The molecule has 2 rings (SSSR count). The lowest BCUT2D eigenvalue weighted by Crippen LogP contribution is -2.08. The van der Waals surface area contributed by atoms with Gasteiger partial charge in [-0.2, -0.15) is 0 Å². The predicted molar refractivity (Wildman–Crippen MR) is 73.7 cm³/mol. The van der Waals surface area contributed by atoms with Crippen molar-refractivity contribution in [3.8, 4) is 5.88 Å². The van der Waals surface area contributed by atoms with Crippen molar-refractivity contribution in [2.24, 2.45) is 0 Å². The number of nitrogens with zero attached hydrogens (tertiary/aromatic N) is 2. The Morgan fingerprint density at radius 1 is 1.35 bits per heavy atom. The number of carbonyl (C=O) groups is 1. The molecule has 2 heterocycles. The summed E-state index contributed by atoms with van der Waals surface area (Å²) in [4.78, 5) is 18.9. The van der Waals surface area contributed by atoms with Crippen molar-refractivity contribution in [3.63, 3.8) is 0 Å². The van der Waals surface area contributed by atoms with Crippen molar-refractivity contribution in [2.45, 2.75) is 12.8 Å². The van der Waals surface area contributed by atoms with Crippen molar-refractivity contribution in [1.82, 2.24) is 9.97 Å². The van der Waals surface area contributed by atoms with Gasteiger partial charge in [0, 0.05) is 12.4 Å². The van der Waals surface area contributed by atoms with Gasteiger partial charge in [0.15, 0.2) is 0 Å². The molecule has 0 aliphatic rings. The number of aryl methyl sites for hydroxylation is 1. The average Bonchev–Trinajstić information content (AvgIpc) is 2.45. The molecule has 0 unspecified atom stereocenters. The first-order valence-electron chi connectivity index (χ1n) is 6.17. The molecule has 0 spiro atoms. The van der Waals surface area contributed by atoms with Gasteiger partial charge in [0.05, 0.1) is 18.5 Å². The third kappa shape index (κ3) is 3.68. The smallest absolute Gasteiger partial charge is 0.341 e. The highest BCUT2D eigenvalue weighted by atomic mass is 16.5. The van der Waals surface area contributed by atoms with E-state index in [2.05, 4.69) is 9.97 Å². The van der Waals surface area contributed by atoms with Crippen LogP contribution in [0.4, 0.5) is 5.69 Å². The molecule has 20 heavy (non-hydrogen) atoms. The molecule has 0 saturated heterocycles. The number of pyridine rings is 2. The van der Waals surface area contributed by atoms with E-state index in [1.165, 1.54) is 12.3 Å². The molecule has 0 aromatic carbocycles. The zero-order valence-electron chi connectivity index (χ0n) is 10.8. The van der Waals surface area contributed by atoms with Crippen LogP contribution >= 0.6 is 0 Å². The van der Waals surface area contributed by atoms with Gasteiger partial charge in [0.1, 0.15) is 5.56 Å². The summed E-state index contributed by atoms with van der Waals surface area (Å²) < 4.78 is 5.41. The highest BCUT2D eigenvalue weighted by Crippen LogP contribution is 2.18. The van der Waals surface area contributed by atoms with E-state index < -0.39 is 5.97 Å². The molecule has 0 bridgehead atoms. The van der Waals surface area contributed by atoms with Crippen molar-refractivity contribution < 1.29 is 14.6 Å². The summed E-state index contributed by atoms with van der Waals surface area (Å²) in [6.07, 6.45) is 6.44. The summed E-state index contributed by atoms with van der Waals surface area (Å²) in [5.74, 6) is -1.00. The van der Waals surface area contributed by atoms with Crippen LogP contribution in [-0.4, -0.2) is 27.7 Å². The number of nitrogens with two attached hydrogens (primary N) is 1. The van der Waals surface area contributed by atoms with Crippen LogP contribution in [0.15, 0.2) is 36.8 Å². The van der Waals surface area contributed by atoms with Crippen LogP contribution in [0.3, 0.4) is 0 Å². The normalized spacial score (nSPS) is 10.2. The van der Waals surface area contributed by atoms with E-state index in [1.807, 2.05) is 12.1 Å². The van der Waals surface area contributed by atoms with Crippen LogP contribution in [0.2, 0.25) is 0 Å². The molecule has 0 amide bonds. The fourth-order valence-electron chi connectivity index (χ4n) is 1.73. The molecule has 0 fully saturated rings. The number of nitrogen functional groups attached to an aromatic ring is 1. The molecule has 0 aliphatic carbocycles. The summed E-state index contributed by atoms with van der Waals surface area (Å²) in [5, 5.41) is 9.04. The SMILES string of the molecule is Nc1cnc(OCCCc2ccncc2)c(C(=O)O)c1. The topological polar surface area (TPSA) is 98.3 Å². The largest absolute Gasteiger partial charge is 0.477 e. The molecule has 0 saturated carbocycles. The first kappa shape index (κ1) is 13.8. The first-order valence-corrected chi connectivity index (χ1v) is 6.17. The lowest BCUT2D eigenvalue weighted by atomic mass is 10.1. The maximum absolute atomic E-state index is 11.0. The second-order valence-electron chi connectivity index (χ2n) is 4.23. The number of carboxylic acids is 1. The molecule has 0 aliphatic heterocycles. The number of anilines is 1. The van der Waals surface area contributed by atoms with E-state index in [0.717, 1.165) is 18.4 Å². The second kappa shape index (κ2) is 6.51. The molecule has 104 valence electrons.